The second-order valence-electron chi connectivity index (χ2n) is 2.51. The Labute approximate surface area is 98.6 Å². The molecule has 0 aliphatic heterocycles. The molecule has 3 heteroatoms. The Morgan fingerprint density at radius 1 is 1.11 bits per heavy atom. The first-order chi connectivity index (χ1) is 3.79. The van der Waals surface area contributed by atoms with Gasteiger partial charge in [0.25, 0.3) is 0 Å². The van der Waals surface area contributed by atoms with E-state index in [1.807, 2.05) is 0 Å². The zero-order chi connectivity index (χ0) is 5.98. The van der Waals surface area contributed by atoms with Gasteiger partial charge in [-0.2, -0.15) is 0 Å². The van der Waals surface area contributed by atoms with Crippen LogP contribution >= 0.6 is 0 Å². The zero-order valence-electron chi connectivity index (χ0n) is 5.93. The maximum absolute atomic E-state index is 8.94. The Bertz CT molecular complexity index is 61.5. The number of aliphatic hydroxyl groups is 1. The molecule has 0 aromatic heterocycles. The van der Waals surface area contributed by atoms with E-state index in [9.17, 15) is 0 Å². The molecular formula is C6H12KNO. The van der Waals surface area contributed by atoms with E-state index in [4.69, 9.17) is 10.8 Å². The summed E-state index contributed by atoms with van der Waals surface area (Å²) in [4.78, 5) is 0. The van der Waals surface area contributed by atoms with E-state index in [-0.39, 0.29) is 63.5 Å². The fourth-order valence-electron chi connectivity index (χ4n) is 1.08. The number of hydrogen-bond donors (Lipinski definition) is 1. The van der Waals surface area contributed by atoms with Gasteiger partial charge in [-0.25, -0.2) is 0 Å². The van der Waals surface area contributed by atoms with Crippen LogP contribution in [0, 0.1) is 0 Å². The minimum Gasteiger partial charge on any atom is -0.675 e. The molecule has 2 nitrogen and oxygen atoms in total. The van der Waals surface area contributed by atoms with Crippen LogP contribution in [-0.4, -0.2) is 17.3 Å². The van der Waals surface area contributed by atoms with Crippen molar-refractivity contribution in [1.29, 1.82) is 0 Å². The van der Waals surface area contributed by atoms with Crippen LogP contribution in [0.3, 0.4) is 0 Å². The summed E-state index contributed by atoms with van der Waals surface area (Å²) in [6, 6.07) is 0.110. The molecule has 1 saturated carbocycles. The van der Waals surface area contributed by atoms with E-state index >= 15 is 0 Å². The van der Waals surface area contributed by atoms with E-state index < -0.39 is 0 Å². The molecule has 1 aliphatic carbocycles. The van der Waals surface area contributed by atoms with Crippen molar-refractivity contribution < 1.29 is 56.5 Å². The van der Waals surface area contributed by atoms with Crippen LogP contribution in [0.5, 0.6) is 0 Å². The van der Waals surface area contributed by atoms with E-state index in [0.717, 1.165) is 25.7 Å². The molecule has 9 heavy (non-hydrogen) atoms. The Hall–Kier alpha value is 1.56. The molecule has 0 saturated heterocycles. The van der Waals surface area contributed by atoms with E-state index in [1.54, 1.807) is 0 Å². The third-order valence-electron chi connectivity index (χ3n) is 1.70. The molecular weight excluding hydrogens is 141 g/mol. The van der Waals surface area contributed by atoms with Gasteiger partial charge in [-0.3, -0.25) is 0 Å². The van der Waals surface area contributed by atoms with Gasteiger partial charge in [-0.1, -0.05) is 12.8 Å². The molecule has 48 valence electrons. The summed E-state index contributed by atoms with van der Waals surface area (Å²) in [5.74, 6) is 0. The Morgan fingerprint density at radius 3 is 1.89 bits per heavy atom. The largest absolute Gasteiger partial charge is 1.00 e. The number of hydrogen-bond acceptors (Lipinski definition) is 1. The van der Waals surface area contributed by atoms with Crippen molar-refractivity contribution in [3.05, 3.63) is 5.73 Å². The summed E-state index contributed by atoms with van der Waals surface area (Å²) in [7, 11) is 0. The van der Waals surface area contributed by atoms with Gasteiger partial charge < -0.3 is 10.8 Å². The van der Waals surface area contributed by atoms with Crippen LogP contribution in [0.4, 0.5) is 0 Å². The average Bonchev–Trinajstić information content (AvgIpc) is 1.77. The van der Waals surface area contributed by atoms with Crippen LogP contribution in [0.2, 0.25) is 0 Å². The van der Waals surface area contributed by atoms with Crippen molar-refractivity contribution in [3.63, 3.8) is 0 Å². The van der Waals surface area contributed by atoms with Gasteiger partial charge in [-0.05, 0) is 12.8 Å². The molecule has 1 fully saturated rings. The van der Waals surface area contributed by atoms with E-state index in [2.05, 4.69) is 0 Å². The fraction of sp³-hybridized carbons (Fsp3) is 1.00. The minimum atomic E-state index is -0.100. The maximum atomic E-state index is 8.94. The molecule has 0 bridgehead atoms. The van der Waals surface area contributed by atoms with Crippen LogP contribution < -0.4 is 51.4 Å². The topological polar surface area (TPSA) is 44.0 Å². The van der Waals surface area contributed by atoms with Crippen molar-refractivity contribution in [1.82, 2.24) is 0 Å². The molecule has 0 amide bonds. The molecule has 0 unspecified atom stereocenters. The summed E-state index contributed by atoms with van der Waals surface area (Å²) >= 11 is 0. The normalized spacial score (nSPS) is 35.3. The molecule has 0 spiro atoms. The number of rotatable bonds is 0. The molecule has 0 aromatic carbocycles. The standard InChI is InChI=1S/C6H12NO.K/c7-5-1-3-6(8)4-2-5;/h5-8H,1-4H2;/q-1;+1. The smallest absolute Gasteiger partial charge is 0.675 e. The van der Waals surface area contributed by atoms with Gasteiger partial charge in [0.1, 0.15) is 0 Å². The number of aliphatic hydroxyl groups excluding tert-OH is 1. The van der Waals surface area contributed by atoms with Crippen LogP contribution in [-0.2, 0) is 0 Å². The van der Waals surface area contributed by atoms with Crippen LogP contribution in [0.1, 0.15) is 25.7 Å². The van der Waals surface area contributed by atoms with E-state index in [0.29, 0.717) is 0 Å². The Kier molecular flexibility index (Phi) is 6.14. The third-order valence-corrected chi connectivity index (χ3v) is 1.70. The maximum Gasteiger partial charge on any atom is 1.00 e. The molecule has 1 rings (SSSR count). The second-order valence-corrected chi connectivity index (χ2v) is 2.51. The molecule has 0 heterocycles. The van der Waals surface area contributed by atoms with Crippen molar-refractivity contribution in [3.8, 4) is 0 Å². The summed E-state index contributed by atoms with van der Waals surface area (Å²) in [5.41, 5.74) is 7.25. The zero-order valence-corrected chi connectivity index (χ0v) is 9.05. The van der Waals surface area contributed by atoms with Crippen LogP contribution in [0.25, 0.3) is 5.73 Å². The molecule has 2 N–H and O–H groups in total. The first-order valence-electron chi connectivity index (χ1n) is 3.18. The average molecular weight is 153 g/mol. The fourth-order valence-corrected chi connectivity index (χ4v) is 1.08. The predicted molar refractivity (Wildman–Crippen MR) is 32.6 cm³/mol. The van der Waals surface area contributed by atoms with E-state index in [1.165, 1.54) is 0 Å². The third kappa shape index (κ3) is 4.09. The second kappa shape index (κ2) is 5.24. The van der Waals surface area contributed by atoms with Crippen molar-refractivity contribution >= 4 is 0 Å². The SMILES string of the molecule is [K+].[NH-]C1CCC(O)CC1. The summed E-state index contributed by atoms with van der Waals surface area (Å²) in [5, 5.41) is 8.94. The van der Waals surface area contributed by atoms with Crippen molar-refractivity contribution in [2.24, 2.45) is 0 Å². The van der Waals surface area contributed by atoms with Gasteiger partial charge in [-0.15, -0.1) is 6.04 Å². The van der Waals surface area contributed by atoms with Gasteiger partial charge in [0.2, 0.25) is 0 Å². The predicted octanol–water partition coefficient (Wildman–Crippen LogP) is -1.65. The molecule has 0 atom stereocenters. The summed E-state index contributed by atoms with van der Waals surface area (Å²) < 4.78 is 0. The summed E-state index contributed by atoms with van der Waals surface area (Å²) in [6.45, 7) is 0. The van der Waals surface area contributed by atoms with Gasteiger partial charge >= 0.3 is 51.4 Å². The van der Waals surface area contributed by atoms with Crippen LogP contribution in [0.15, 0.2) is 0 Å². The van der Waals surface area contributed by atoms with Gasteiger partial charge in [0, 0.05) is 0 Å². The van der Waals surface area contributed by atoms with Crippen molar-refractivity contribution in [2.45, 2.75) is 37.8 Å². The first kappa shape index (κ1) is 10.6. The first-order valence-corrected chi connectivity index (χ1v) is 3.18. The summed E-state index contributed by atoms with van der Waals surface area (Å²) in [6.07, 6.45) is 3.36. The Balaban J connectivity index is 0.000000640. The number of nitrogens with one attached hydrogen (secondary N) is 1. The minimum absolute atomic E-state index is 0. The quantitative estimate of drug-likeness (QED) is 0.416. The molecule has 1 aliphatic rings. The molecule has 0 radical (unpaired) electrons. The van der Waals surface area contributed by atoms with Crippen molar-refractivity contribution in [2.75, 3.05) is 0 Å². The van der Waals surface area contributed by atoms with Gasteiger partial charge in [0.05, 0.1) is 6.10 Å². The Morgan fingerprint density at radius 2 is 1.56 bits per heavy atom. The molecule has 0 aromatic rings. The monoisotopic (exact) mass is 153 g/mol. The van der Waals surface area contributed by atoms with Gasteiger partial charge in [0.15, 0.2) is 0 Å².